The van der Waals surface area contributed by atoms with Crippen LogP contribution in [0, 0.1) is 11.8 Å². The molecule has 0 aromatic heterocycles. The predicted octanol–water partition coefficient (Wildman–Crippen LogP) is 5.06. The van der Waals surface area contributed by atoms with Crippen molar-refractivity contribution < 1.29 is 33.0 Å². The number of fused-ring (bicyclic) bond motifs is 3. The minimum absolute atomic E-state index is 0.174. The van der Waals surface area contributed by atoms with E-state index in [9.17, 15) is 9.59 Å². The molecule has 182 valence electrons. The van der Waals surface area contributed by atoms with Gasteiger partial charge in [0.1, 0.15) is 11.9 Å². The maximum absolute atomic E-state index is 12.6. The quantitative estimate of drug-likeness (QED) is 0.364. The largest absolute Gasteiger partial charge is 0.544 e. The van der Waals surface area contributed by atoms with Gasteiger partial charge in [0.15, 0.2) is 11.5 Å². The first-order valence-electron chi connectivity index (χ1n) is 12.1. The molecule has 8 heteroatoms. The van der Waals surface area contributed by atoms with E-state index in [1.807, 2.05) is 20.8 Å². The van der Waals surface area contributed by atoms with E-state index >= 15 is 0 Å². The molecule has 3 rings (SSSR count). The third-order valence-electron chi connectivity index (χ3n) is 7.58. The van der Waals surface area contributed by atoms with Crippen LogP contribution < -0.4 is 0 Å². The molecular weight excluding hydrogens is 428 g/mol. The van der Waals surface area contributed by atoms with Crippen molar-refractivity contribution in [2.75, 3.05) is 7.11 Å². The van der Waals surface area contributed by atoms with E-state index in [1.54, 1.807) is 7.11 Å². The Balaban J connectivity index is 2.11. The predicted molar refractivity (Wildman–Crippen MR) is 122 cm³/mol. The van der Waals surface area contributed by atoms with Crippen LogP contribution in [0.1, 0.15) is 73.6 Å². The van der Waals surface area contributed by atoms with Gasteiger partial charge >= 0.3 is 11.9 Å². The molecule has 0 unspecified atom stereocenters. The third kappa shape index (κ3) is 4.92. The fraction of sp³-hybridized carbons (Fsp3) is 0.833. The van der Waals surface area contributed by atoms with Crippen molar-refractivity contribution in [2.24, 2.45) is 11.8 Å². The molecule has 2 bridgehead atoms. The van der Waals surface area contributed by atoms with Gasteiger partial charge in [0.05, 0.1) is 30.3 Å². The average Bonchev–Trinajstić information content (AvgIpc) is 3.31. The van der Waals surface area contributed by atoms with Gasteiger partial charge in [0, 0.05) is 20.0 Å². The van der Waals surface area contributed by atoms with Gasteiger partial charge in [0.25, 0.3) is 0 Å². The average molecular weight is 469 g/mol. The Morgan fingerprint density at radius 1 is 1.19 bits per heavy atom. The molecule has 0 aromatic rings. The molecule has 0 aromatic carbocycles. The van der Waals surface area contributed by atoms with Crippen LogP contribution in [-0.4, -0.2) is 44.9 Å². The van der Waals surface area contributed by atoms with Gasteiger partial charge in [-0.25, -0.2) is 0 Å². The van der Waals surface area contributed by atoms with Crippen LogP contribution in [-0.2, 0) is 33.0 Å². The zero-order valence-electron chi connectivity index (χ0n) is 20.7. The normalized spacial score (nSPS) is 35.1. The summed E-state index contributed by atoms with van der Waals surface area (Å²) >= 11 is 0. The van der Waals surface area contributed by atoms with Crippen molar-refractivity contribution in [1.29, 1.82) is 0 Å². The van der Waals surface area contributed by atoms with Crippen molar-refractivity contribution in [3.8, 4) is 0 Å². The molecular formula is C24H40O7Si. The van der Waals surface area contributed by atoms with E-state index in [2.05, 4.69) is 20.8 Å². The number of ether oxygens (including phenoxy) is 4. The molecule has 3 heterocycles. The summed E-state index contributed by atoms with van der Waals surface area (Å²) in [7, 11) is -0.418. The Bertz CT molecular complexity index is 751. The number of carbonyl (C=O) groups is 2. The van der Waals surface area contributed by atoms with E-state index in [1.165, 1.54) is 0 Å². The highest BCUT2D eigenvalue weighted by Gasteiger charge is 2.54. The fourth-order valence-corrected chi connectivity index (χ4v) is 7.82. The first kappa shape index (κ1) is 25.2. The van der Waals surface area contributed by atoms with Crippen LogP contribution >= 0.6 is 0 Å². The van der Waals surface area contributed by atoms with Gasteiger partial charge in [0.2, 0.25) is 8.32 Å². The third-order valence-corrected chi connectivity index (χ3v) is 12.1. The molecule has 0 saturated carbocycles. The highest BCUT2D eigenvalue weighted by atomic mass is 28.4. The lowest BCUT2D eigenvalue weighted by molar-refractivity contribution is -0.241. The van der Waals surface area contributed by atoms with Gasteiger partial charge in [-0.15, -0.1) is 0 Å². The summed E-state index contributed by atoms with van der Waals surface area (Å²) in [6.45, 7) is 12.2. The number of hydrogen-bond donors (Lipinski definition) is 0. The summed E-state index contributed by atoms with van der Waals surface area (Å²) in [4.78, 5) is 25.1. The van der Waals surface area contributed by atoms with E-state index < -0.39 is 25.8 Å². The van der Waals surface area contributed by atoms with Gasteiger partial charge < -0.3 is 23.4 Å². The molecule has 0 spiro atoms. The van der Waals surface area contributed by atoms with Gasteiger partial charge in [-0.1, -0.05) is 34.6 Å². The molecule has 32 heavy (non-hydrogen) atoms. The number of esters is 2. The molecule has 7 nitrogen and oxygen atoms in total. The lowest BCUT2D eigenvalue weighted by Gasteiger charge is -2.35. The van der Waals surface area contributed by atoms with Crippen LogP contribution in [0.2, 0.25) is 18.1 Å². The van der Waals surface area contributed by atoms with Crippen molar-refractivity contribution >= 4 is 20.3 Å². The molecule has 2 saturated heterocycles. The standard InChI is InChI=1S/C24H40O7Si/c1-8-32(9-2,10-3)30-19-15-24(27-7)12-11-23(6,31-24)14-18(28-22(26)16(4)5)17-13-20(25)29-21(17)19/h16-18H,8-15H2,1-7H3/b21-19-/t17-,18-,23-,24+/m1/s1. The number of hydrogen-bond acceptors (Lipinski definition) is 7. The van der Waals surface area contributed by atoms with Crippen LogP contribution in [0.3, 0.4) is 0 Å². The van der Waals surface area contributed by atoms with Crippen molar-refractivity contribution in [1.82, 2.24) is 0 Å². The smallest absolute Gasteiger partial charge is 0.311 e. The summed E-state index contributed by atoms with van der Waals surface area (Å²) in [5.74, 6) is -0.904. The van der Waals surface area contributed by atoms with Crippen molar-refractivity contribution in [2.45, 2.75) is 109 Å². The van der Waals surface area contributed by atoms with E-state index in [0.29, 0.717) is 30.8 Å². The first-order valence-corrected chi connectivity index (χ1v) is 14.6. The summed E-state index contributed by atoms with van der Waals surface area (Å²) < 4.78 is 31.1. The van der Waals surface area contributed by atoms with E-state index in [-0.39, 0.29) is 30.2 Å². The second-order valence-corrected chi connectivity index (χ2v) is 14.8. The van der Waals surface area contributed by atoms with Gasteiger partial charge in [-0.2, -0.15) is 0 Å². The topological polar surface area (TPSA) is 80.3 Å². The van der Waals surface area contributed by atoms with Gasteiger partial charge in [-0.05, 0) is 31.5 Å². The molecule has 3 aliphatic heterocycles. The summed E-state index contributed by atoms with van der Waals surface area (Å²) in [5.41, 5.74) is -0.529. The Kier molecular flexibility index (Phi) is 7.47. The second-order valence-electron chi connectivity index (χ2n) is 10.1. The molecule has 3 aliphatic rings. The van der Waals surface area contributed by atoms with Crippen LogP contribution in [0.4, 0.5) is 0 Å². The summed E-state index contributed by atoms with van der Waals surface area (Å²) in [6, 6.07) is 2.87. The monoisotopic (exact) mass is 468 g/mol. The molecule has 0 amide bonds. The first-order chi connectivity index (χ1) is 15.0. The Morgan fingerprint density at radius 3 is 2.41 bits per heavy atom. The summed E-state index contributed by atoms with van der Waals surface area (Å²) in [5, 5.41) is 0. The highest BCUT2D eigenvalue weighted by Crippen LogP contribution is 2.50. The lowest BCUT2D eigenvalue weighted by Crippen LogP contribution is -2.40. The zero-order valence-corrected chi connectivity index (χ0v) is 21.7. The minimum Gasteiger partial charge on any atom is -0.544 e. The molecule has 0 radical (unpaired) electrons. The van der Waals surface area contributed by atoms with Crippen molar-refractivity contribution in [3.63, 3.8) is 0 Å². The van der Waals surface area contributed by atoms with Gasteiger partial charge in [-0.3, -0.25) is 9.59 Å². The molecule has 0 aliphatic carbocycles. The van der Waals surface area contributed by atoms with E-state index in [4.69, 9.17) is 23.4 Å². The van der Waals surface area contributed by atoms with E-state index in [0.717, 1.165) is 24.6 Å². The fourth-order valence-electron chi connectivity index (χ4n) is 5.19. The van der Waals surface area contributed by atoms with Crippen molar-refractivity contribution in [3.05, 3.63) is 11.5 Å². The Labute approximate surface area is 193 Å². The Morgan fingerprint density at radius 2 is 1.84 bits per heavy atom. The zero-order chi connectivity index (χ0) is 23.7. The number of methoxy groups -OCH3 is 1. The molecule has 4 atom stereocenters. The van der Waals surface area contributed by atoms with Crippen LogP contribution in [0.5, 0.6) is 0 Å². The maximum atomic E-state index is 12.6. The Hall–Kier alpha value is -1.38. The minimum atomic E-state index is -2.08. The maximum Gasteiger partial charge on any atom is 0.311 e. The summed E-state index contributed by atoms with van der Waals surface area (Å²) in [6.07, 6.45) is 1.99. The van der Waals surface area contributed by atoms with Crippen LogP contribution in [0.25, 0.3) is 0 Å². The van der Waals surface area contributed by atoms with Crippen LogP contribution in [0.15, 0.2) is 11.5 Å². The highest BCUT2D eigenvalue weighted by molar-refractivity contribution is 6.73. The molecule has 0 N–H and O–H groups in total. The number of carbonyl (C=O) groups excluding carboxylic acids is 2. The lowest BCUT2D eigenvalue weighted by atomic mass is 9.85. The molecule has 2 fully saturated rings. The second kappa shape index (κ2) is 9.47. The number of rotatable bonds is 8. The SMILES string of the molecule is CC[Si](CC)(CC)O/C1=C2\OC(=O)C[C@@H]2[C@H](OC(=O)C(C)C)C[C@@]2(C)CC[C@@](OC)(C1)O2.